The minimum atomic E-state index is -0.405. The number of nitrogens with zero attached hydrogens (tertiary/aromatic N) is 1. The quantitative estimate of drug-likeness (QED) is 0.577. The zero-order valence-electron chi connectivity index (χ0n) is 15.8. The van der Waals surface area contributed by atoms with Gasteiger partial charge in [0.25, 0.3) is 0 Å². The number of aliphatic imine (C=N–C) groups is 1. The van der Waals surface area contributed by atoms with E-state index in [-0.39, 0.29) is 11.6 Å². The van der Waals surface area contributed by atoms with Crippen molar-refractivity contribution in [3.8, 4) is 0 Å². The van der Waals surface area contributed by atoms with Crippen molar-refractivity contribution in [2.24, 2.45) is 10.4 Å². The largest absolute Gasteiger partial charge is 0.475 e. The molecule has 1 aliphatic carbocycles. The van der Waals surface area contributed by atoms with Crippen LogP contribution >= 0.6 is 11.6 Å². The number of rotatable bonds is 3. The summed E-state index contributed by atoms with van der Waals surface area (Å²) in [5.41, 5.74) is 3.24. The van der Waals surface area contributed by atoms with Gasteiger partial charge in [0.2, 0.25) is 5.90 Å². The highest BCUT2D eigenvalue weighted by Gasteiger charge is 2.28. The molecule has 2 nitrogen and oxygen atoms in total. The smallest absolute Gasteiger partial charge is 0.221 e. The second-order valence-electron chi connectivity index (χ2n) is 8.46. The molecule has 2 aliphatic rings. The number of hydrogen-bond acceptors (Lipinski definition) is 2. The lowest BCUT2D eigenvalue weighted by Crippen LogP contribution is -2.20. The van der Waals surface area contributed by atoms with Gasteiger partial charge in [-0.05, 0) is 60.3 Å². The molecule has 0 N–H and O–H groups in total. The van der Waals surface area contributed by atoms with Crippen LogP contribution in [-0.4, -0.2) is 12.5 Å². The van der Waals surface area contributed by atoms with Crippen molar-refractivity contribution in [1.29, 1.82) is 0 Å². The van der Waals surface area contributed by atoms with Crippen LogP contribution in [-0.2, 0) is 4.74 Å². The summed E-state index contributed by atoms with van der Waals surface area (Å²) >= 11 is 6.13. The zero-order valence-corrected chi connectivity index (χ0v) is 16.6. The first-order valence-electron chi connectivity index (χ1n) is 9.68. The first-order valence-corrected chi connectivity index (χ1v) is 10.1. The standard InChI is InChI=1S/C23H25ClFNO/c1-23(2)12-10-16(11-13-23)15-6-8-17(9-7-15)20-14-27-22(26-20)21-18(24)4-3-5-19(21)25/h3-9,16,20H,10-14H2,1-2H3. The van der Waals surface area contributed by atoms with Gasteiger partial charge in [-0.15, -0.1) is 0 Å². The Labute approximate surface area is 165 Å². The summed E-state index contributed by atoms with van der Waals surface area (Å²) in [5.74, 6) is 0.544. The number of ether oxygens (including phenoxy) is 1. The second kappa shape index (κ2) is 7.27. The van der Waals surface area contributed by atoms with Crippen molar-refractivity contribution in [1.82, 2.24) is 0 Å². The molecule has 2 aromatic rings. The molecule has 1 unspecified atom stereocenters. The van der Waals surface area contributed by atoms with Gasteiger partial charge in [-0.1, -0.05) is 55.8 Å². The molecule has 27 heavy (non-hydrogen) atoms. The van der Waals surface area contributed by atoms with E-state index in [1.807, 2.05) is 0 Å². The first kappa shape index (κ1) is 18.5. The summed E-state index contributed by atoms with van der Waals surface area (Å²) in [6.45, 7) is 5.14. The molecule has 1 fully saturated rings. The minimum Gasteiger partial charge on any atom is -0.475 e. The van der Waals surface area contributed by atoms with Crippen molar-refractivity contribution < 1.29 is 9.13 Å². The highest BCUT2D eigenvalue weighted by atomic mass is 35.5. The van der Waals surface area contributed by atoms with Crippen molar-refractivity contribution in [2.75, 3.05) is 6.61 Å². The average molecular weight is 386 g/mol. The summed E-state index contributed by atoms with van der Waals surface area (Å²) in [6, 6.07) is 13.2. The molecular weight excluding hydrogens is 361 g/mol. The predicted octanol–water partition coefficient (Wildman–Crippen LogP) is 6.68. The summed E-state index contributed by atoms with van der Waals surface area (Å²) in [5, 5.41) is 0.324. The molecule has 142 valence electrons. The van der Waals surface area contributed by atoms with Crippen molar-refractivity contribution >= 4 is 17.5 Å². The van der Waals surface area contributed by atoms with Crippen molar-refractivity contribution in [3.05, 3.63) is 70.0 Å². The third kappa shape index (κ3) is 3.89. The van der Waals surface area contributed by atoms with Gasteiger partial charge in [-0.2, -0.15) is 0 Å². The Morgan fingerprint density at radius 3 is 2.37 bits per heavy atom. The Bertz CT molecular complexity index is 829. The Morgan fingerprint density at radius 1 is 1.04 bits per heavy atom. The van der Waals surface area contributed by atoms with Crippen LogP contribution in [0.3, 0.4) is 0 Å². The van der Waals surface area contributed by atoms with Crippen LogP contribution in [0, 0.1) is 11.2 Å². The molecule has 0 spiro atoms. The summed E-state index contributed by atoms with van der Waals surface area (Å²) in [4.78, 5) is 4.58. The number of hydrogen-bond donors (Lipinski definition) is 0. The summed E-state index contributed by atoms with van der Waals surface area (Å²) in [7, 11) is 0. The van der Waals surface area contributed by atoms with Gasteiger partial charge in [-0.3, -0.25) is 0 Å². The minimum absolute atomic E-state index is 0.116. The molecule has 1 saturated carbocycles. The van der Waals surface area contributed by atoms with E-state index in [4.69, 9.17) is 16.3 Å². The van der Waals surface area contributed by atoms with Gasteiger partial charge in [0.05, 0.1) is 10.6 Å². The van der Waals surface area contributed by atoms with Crippen LogP contribution in [0.5, 0.6) is 0 Å². The van der Waals surface area contributed by atoms with Gasteiger partial charge >= 0.3 is 0 Å². The van der Waals surface area contributed by atoms with Crippen LogP contribution < -0.4 is 0 Å². The fourth-order valence-electron chi connectivity index (χ4n) is 4.11. The molecule has 0 aromatic heterocycles. The Balaban J connectivity index is 1.49. The normalized spacial score (nSPS) is 22.4. The van der Waals surface area contributed by atoms with Crippen molar-refractivity contribution in [2.45, 2.75) is 51.5 Å². The van der Waals surface area contributed by atoms with Crippen molar-refractivity contribution in [3.63, 3.8) is 0 Å². The van der Waals surface area contributed by atoms with Crippen LogP contribution in [0.15, 0.2) is 47.5 Å². The number of halogens is 2. The van der Waals surface area contributed by atoms with Gasteiger partial charge in [0, 0.05) is 0 Å². The summed E-state index contributed by atoms with van der Waals surface area (Å²) < 4.78 is 19.8. The molecule has 0 radical (unpaired) electrons. The highest BCUT2D eigenvalue weighted by molar-refractivity contribution is 6.33. The van der Waals surface area contributed by atoms with E-state index >= 15 is 0 Å². The molecule has 0 amide bonds. The van der Waals surface area contributed by atoms with E-state index in [0.717, 1.165) is 5.56 Å². The molecule has 0 saturated heterocycles. The first-order chi connectivity index (χ1) is 12.9. The fourth-order valence-corrected chi connectivity index (χ4v) is 4.35. The fraction of sp³-hybridized carbons (Fsp3) is 0.435. The molecule has 1 heterocycles. The van der Waals surface area contributed by atoms with E-state index in [1.165, 1.54) is 37.3 Å². The van der Waals surface area contributed by atoms with Gasteiger partial charge in [-0.25, -0.2) is 9.38 Å². The van der Waals surface area contributed by atoms with Gasteiger partial charge in [0.1, 0.15) is 18.5 Å². The Morgan fingerprint density at radius 2 is 1.70 bits per heavy atom. The lowest BCUT2D eigenvalue weighted by molar-refractivity contribution is 0.224. The van der Waals surface area contributed by atoms with E-state index in [9.17, 15) is 4.39 Å². The average Bonchev–Trinajstić information content (AvgIpc) is 3.11. The van der Waals surface area contributed by atoms with Gasteiger partial charge in [0.15, 0.2) is 0 Å². The Hall–Kier alpha value is -1.87. The van der Waals surface area contributed by atoms with Gasteiger partial charge < -0.3 is 4.74 Å². The SMILES string of the molecule is CC1(C)CCC(c2ccc(C3COC(c4c(F)cccc4Cl)=N3)cc2)CC1. The topological polar surface area (TPSA) is 21.6 Å². The number of benzene rings is 2. The second-order valence-corrected chi connectivity index (χ2v) is 8.87. The van der Waals surface area contributed by atoms with Crippen LogP contribution in [0.1, 0.15) is 68.2 Å². The van der Waals surface area contributed by atoms with E-state index in [1.54, 1.807) is 12.1 Å². The van der Waals surface area contributed by atoms with Crippen LogP contribution in [0.25, 0.3) is 0 Å². The van der Waals surface area contributed by atoms with E-state index < -0.39 is 5.82 Å². The third-order valence-corrected chi connectivity index (χ3v) is 6.27. The monoisotopic (exact) mass is 385 g/mol. The molecular formula is C23H25ClFNO. The maximum atomic E-state index is 14.1. The van der Waals surface area contributed by atoms with Crippen LogP contribution in [0.2, 0.25) is 5.02 Å². The lowest BCUT2D eigenvalue weighted by atomic mass is 9.71. The van der Waals surface area contributed by atoms with Crippen LogP contribution in [0.4, 0.5) is 4.39 Å². The maximum Gasteiger partial charge on any atom is 0.221 e. The molecule has 0 bridgehead atoms. The molecule has 1 aliphatic heterocycles. The highest BCUT2D eigenvalue weighted by Crippen LogP contribution is 2.42. The zero-order chi connectivity index (χ0) is 19.0. The molecule has 4 rings (SSSR count). The van der Waals surface area contributed by atoms with E-state index in [2.05, 4.69) is 43.1 Å². The molecule has 1 atom stereocenters. The molecule has 2 aromatic carbocycles. The lowest BCUT2D eigenvalue weighted by Gasteiger charge is -2.34. The summed E-state index contributed by atoms with van der Waals surface area (Å²) in [6.07, 6.45) is 5.08. The predicted molar refractivity (Wildman–Crippen MR) is 108 cm³/mol. The van der Waals surface area contributed by atoms with E-state index in [0.29, 0.717) is 28.9 Å². The molecule has 4 heteroatoms. The maximum absolute atomic E-state index is 14.1. The third-order valence-electron chi connectivity index (χ3n) is 5.96. The Kier molecular flexibility index (Phi) is 4.98.